The van der Waals surface area contributed by atoms with Crippen LogP contribution in [0.4, 0.5) is 15.8 Å². The van der Waals surface area contributed by atoms with E-state index in [9.17, 15) is 19.1 Å². The first-order chi connectivity index (χ1) is 29.6. The van der Waals surface area contributed by atoms with Gasteiger partial charge in [0.25, 0.3) is 11.8 Å². The van der Waals surface area contributed by atoms with Gasteiger partial charge in [-0.2, -0.15) is 5.01 Å². The van der Waals surface area contributed by atoms with Gasteiger partial charge in [-0.15, -0.1) is 0 Å². The first-order valence-electron chi connectivity index (χ1n) is 20.0. The van der Waals surface area contributed by atoms with Gasteiger partial charge in [0, 0.05) is 22.1 Å². The van der Waals surface area contributed by atoms with Crippen molar-refractivity contribution in [2.45, 2.75) is 24.2 Å². The monoisotopic (exact) mass is 828 g/mol. The lowest BCUT2D eigenvalue weighted by atomic mass is 9.48. The number of amides is 4. The average molecular weight is 829 g/mol. The maximum absolute atomic E-state index is 15.6. The predicted octanol–water partition coefficient (Wildman–Crippen LogP) is 9.34. The third-order valence-electron chi connectivity index (χ3n) is 13.2. The first kappa shape index (κ1) is 36.9. The number of aromatic hydroxyl groups is 1. The fraction of sp³-hybridized carbons (Fsp3) is 0.163. The van der Waals surface area contributed by atoms with Crippen molar-refractivity contribution < 1.29 is 33.1 Å². The zero-order valence-corrected chi connectivity index (χ0v) is 32.9. The fourth-order valence-corrected chi connectivity index (χ4v) is 10.7. The van der Waals surface area contributed by atoms with Crippen LogP contribution in [0, 0.1) is 29.5 Å². The summed E-state index contributed by atoms with van der Waals surface area (Å²) in [5, 5.41) is 14.9. The number of nitrogens with zero attached hydrogens (tertiary/aromatic N) is 3. The normalized spacial score (nSPS) is 24.6. The van der Waals surface area contributed by atoms with Gasteiger partial charge in [-0.1, -0.05) is 77.8 Å². The van der Waals surface area contributed by atoms with Crippen molar-refractivity contribution >= 4 is 68.5 Å². The molecule has 4 amide bonds. The summed E-state index contributed by atoms with van der Waals surface area (Å²) in [6.45, 7) is 0. The molecule has 0 bridgehead atoms. The van der Waals surface area contributed by atoms with Crippen LogP contribution in [0.3, 0.4) is 0 Å². The maximum atomic E-state index is 15.6. The fourth-order valence-electron chi connectivity index (χ4n) is 10.6. The third kappa shape index (κ3) is 5.43. The lowest BCUT2D eigenvalue weighted by molar-refractivity contribution is -0.138. The molecule has 1 saturated carbocycles. The van der Waals surface area contributed by atoms with Gasteiger partial charge in [-0.25, -0.2) is 9.37 Å². The molecule has 0 spiro atoms. The number of benzene rings is 6. The SMILES string of the molecule is O=C1[C@@H]2C[C@@H]3C(=CC[C@@H]4C(=O)N(c5ccc(-c6nc7ccccc7o6)cc5)C(=O)[C@@H]43)[C@H](c3c(O)ccc4ccccc34)[C@]2(c2ccc(Cl)cc2)C(=O)N1Nc1ccc(F)cc1. The van der Waals surface area contributed by atoms with Crippen molar-refractivity contribution in [2.75, 3.05) is 10.3 Å². The molecule has 4 aliphatic rings. The van der Waals surface area contributed by atoms with E-state index in [0.29, 0.717) is 61.0 Å². The third-order valence-corrected chi connectivity index (χ3v) is 13.4. The highest BCUT2D eigenvalue weighted by molar-refractivity contribution is 6.30. The molecular formula is C49H34ClFN4O6. The molecule has 0 radical (unpaired) electrons. The minimum atomic E-state index is -1.66. The Morgan fingerprint density at radius 1 is 0.787 bits per heavy atom. The van der Waals surface area contributed by atoms with E-state index >= 15 is 9.59 Å². The number of hydrogen-bond acceptors (Lipinski definition) is 8. The number of phenols is 1. The van der Waals surface area contributed by atoms with Gasteiger partial charge >= 0.3 is 0 Å². The zero-order chi connectivity index (χ0) is 41.7. The second kappa shape index (κ2) is 13.7. The highest BCUT2D eigenvalue weighted by Crippen LogP contribution is 2.65. The number of hydrogen-bond donors (Lipinski definition) is 2. The van der Waals surface area contributed by atoms with Crippen molar-refractivity contribution in [3.63, 3.8) is 0 Å². The zero-order valence-electron chi connectivity index (χ0n) is 32.2. The Labute approximate surface area is 352 Å². The number of allylic oxidation sites excluding steroid dienone is 2. The molecule has 1 aromatic heterocycles. The molecule has 6 atom stereocenters. The number of rotatable bonds is 6. The molecule has 2 aliphatic heterocycles. The number of anilines is 2. The second-order valence-electron chi connectivity index (χ2n) is 16.1. The van der Waals surface area contributed by atoms with Crippen molar-refractivity contribution in [1.29, 1.82) is 0 Å². The van der Waals surface area contributed by atoms with Gasteiger partial charge in [0.1, 0.15) is 17.1 Å². The Balaban J connectivity index is 1.06. The molecule has 12 heteroatoms. The number of halogens is 2. The van der Waals surface area contributed by atoms with Crippen LogP contribution < -0.4 is 10.3 Å². The van der Waals surface area contributed by atoms with Crippen LogP contribution in [-0.4, -0.2) is 38.7 Å². The molecule has 0 unspecified atom stereocenters. The largest absolute Gasteiger partial charge is 0.508 e. The van der Waals surface area contributed by atoms with E-state index in [4.69, 9.17) is 16.0 Å². The van der Waals surface area contributed by atoms with E-state index < -0.39 is 58.5 Å². The van der Waals surface area contributed by atoms with Crippen LogP contribution in [0.15, 0.2) is 150 Å². The van der Waals surface area contributed by atoms with Crippen LogP contribution in [0.25, 0.3) is 33.3 Å². The minimum Gasteiger partial charge on any atom is -0.508 e. The minimum absolute atomic E-state index is 0.0490. The molecule has 3 fully saturated rings. The van der Waals surface area contributed by atoms with E-state index in [1.807, 2.05) is 54.6 Å². The van der Waals surface area contributed by atoms with Crippen molar-refractivity contribution in [3.8, 4) is 17.2 Å². The molecular weight excluding hydrogens is 795 g/mol. The number of hydrazine groups is 1. The van der Waals surface area contributed by atoms with Gasteiger partial charge in [0.15, 0.2) is 5.58 Å². The predicted molar refractivity (Wildman–Crippen MR) is 227 cm³/mol. The van der Waals surface area contributed by atoms with E-state index in [1.165, 1.54) is 29.2 Å². The molecule has 6 aromatic carbocycles. The summed E-state index contributed by atoms with van der Waals surface area (Å²) < 4.78 is 20.0. The molecule has 2 aliphatic carbocycles. The van der Waals surface area contributed by atoms with Crippen LogP contribution in [0.1, 0.15) is 29.9 Å². The van der Waals surface area contributed by atoms with Gasteiger partial charge in [-0.05, 0) is 114 Å². The van der Waals surface area contributed by atoms with Gasteiger partial charge < -0.3 is 9.52 Å². The van der Waals surface area contributed by atoms with Crippen molar-refractivity contribution in [1.82, 2.24) is 9.99 Å². The molecule has 11 rings (SSSR count). The Morgan fingerprint density at radius 3 is 2.30 bits per heavy atom. The molecule has 7 aromatic rings. The number of nitrogens with one attached hydrogen (secondary N) is 1. The lowest BCUT2D eigenvalue weighted by Gasteiger charge is -2.51. The van der Waals surface area contributed by atoms with Gasteiger partial charge in [0.05, 0.1) is 34.5 Å². The average Bonchev–Trinajstić information content (AvgIpc) is 3.89. The lowest BCUT2D eigenvalue weighted by Crippen LogP contribution is -2.53. The highest BCUT2D eigenvalue weighted by Gasteiger charge is 2.71. The van der Waals surface area contributed by atoms with E-state index in [2.05, 4.69) is 10.4 Å². The molecule has 3 heterocycles. The number of aromatic nitrogens is 1. The second-order valence-corrected chi connectivity index (χ2v) is 16.6. The summed E-state index contributed by atoms with van der Waals surface area (Å²) in [5.74, 6) is -6.39. The number of para-hydroxylation sites is 2. The molecule has 2 N–H and O–H groups in total. The summed E-state index contributed by atoms with van der Waals surface area (Å²) in [6.07, 6.45) is 2.19. The Bertz CT molecular complexity index is 2990. The highest BCUT2D eigenvalue weighted by atomic mass is 35.5. The number of oxazole rings is 1. The number of phenolic OH excluding ortho intramolecular Hbond substituents is 1. The van der Waals surface area contributed by atoms with Gasteiger partial charge in [0.2, 0.25) is 17.7 Å². The summed E-state index contributed by atoms with van der Waals surface area (Å²) in [7, 11) is 0. The standard InChI is InChI=1S/C49H34ClFN4O6/c50-29-14-12-28(13-15-29)49-37(46(58)55(48(49)60)53-31-18-16-30(51)17-19-31)25-36-34(43(49)42-33-6-2-1-5-26(33)11-24-39(42)56)22-23-35-41(36)47(59)54(45(35)57)32-20-9-27(10-21-32)44-52-38-7-3-4-8-40(38)61-44/h1-22,24,35-37,41,43,53,56H,23,25H2/t35-,36+,37-,41-,43+,49+/m0/s1. The van der Waals surface area contributed by atoms with E-state index in [0.717, 1.165) is 10.4 Å². The number of fused-ring (bicyclic) bond motifs is 6. The van der Waals surface area contributed by atoms with Crippen molar-refractivity contribution in [2.24, 2.45) is 23.7 Å². The van der Waals surface area contributed by atoms with Crippen molar-refractivity contribution in [3.05, 3.63) is 167 Å². The first-order valence-corrected chi connectivity index (χ1v) is 20.4. The maximum Gasteiger partial charge on any atom is 0.260 e. The summed E-state index contributed by atoms with van der Waals surface area (Å²) >= 11 is 6.45. The molecule has 2 saturated heterocycles. The molecule has 10 nitrogen and oxygen atoms in total. The summed E-state index contributed by atoms with van der Waals surface area (Å²) in [6, 6.07) is 37.4. The smallest absolute Gasteiger partial charge is 0.260 e. The van der Waals surface area contributed by atoms with Crippen LogP contribution >= 0.6 is 11.6 Å². The Morgan fingerprint density at radius 2 is 1.52 bits per heavy atom. The Kier molecular flexibility index (Phi) is 8.30. The summed E-state index contributed by atoms with van der Waals surface area (Å²) in [5.41, 5.74) is 5.65. The van der Waals surface area contributed by atoms with E-state index in [-0.39, 0.29) is 24.5 Å². The summed E-state index contributed by atoms with van der Waals surface area (Å²) in [4.78, 5) is 65.9. The van der Waals surface area contributed by atoms with Crippen LogP contribution in [0.5, 0.6) is 5.75 Å². The topological polar surface area (TPSA) is 133 Å². The van der Waals surface area contributed by atoms with E-state index in [1.54, 1.807) is 60.7 Å². The number of carbonyl (C=O) groups excluding carboxylic acids is 4. The Hall–Kier alpha value is -7.11. The number of carbonyl (C=O) groups is 4. The van der Waals surface area contributed by atoms with Gasteiger partial charge in [-0.3, -0.25) is 29.5 Å². The molecule has 61 heavy (non-hydrogen) atoms. The van der Waals surface area contributed by atoms with Crippen LogP contribution in [-0.2, 0) is 24.6 Å². The number of imide groups is 2. The van der Waals surface area contributed by atoms with Crippen LogP contribution in [0.2, 0.25) is 5.02 Å². The molecule has 300 valence electrons. The quantitative estimate of drug-likeness (QED) is 0.125.